The molecule has 0 saturated carbocycles. The number of halogens is 3. The summed E-state index contributed by atoms with van der Waals surface area (Å²) in [6.45, 7) is 0. The Kier molecular flexibility index (Phi) is 3.46. The van der Waals surface area contributed by atoms with Gasteiger partial charge in [-0.3, -0.25) is 0 Å². The SMILES string of the molecule is Fc1cccc(Cl)c1Cc1ncc(CCl)[nH]1. The minimum atomic E-state index is -0.323. The number of nitrogens with one attached hydrogen (secondary N) is 1. The van der Waals surface area contributed by atoms with E-state index in [1.54, 1.807) is 18.3 Å². The number of benzene rings is 1. The Morgan fingerprint density at radius 2 is 2.19 bits per heavy atom. The molecule has 16 heavy (non-hydrogen) atoms. The average Bonchev–Trinajstić information content (AvgIpc) is 2.71. The van der Waals surface area contributed by atoms with Crippen LogP contribution >= 0.6 is 23.2 Å². The topological polar surface area (TPSA) is 28.7 Å². The number of hydrogen-bond donors (Lipinski definition) is 1. The Morgan fingerprint density at radius 3 is 2.81 bits per heavy atom. The summed E-state index contributed by atoms with van der Waals surface area (Å²) >= 11 is 11.5. The van der Waals surface area contributed by atoms with E-state index in [9.17, 15) is 4.39 Å². The molecular formula is C11H9Cl2FN2. The first-order valence-corrected chi connectivity index (χ1v) is 5.63. The Balaban J connectivity index is 2.26. The Labute approximate surface area is 102 Å². The van der Waals surface area contributed by atoms with Gasteiger partial charge in [-0.25, -0.2) is 9.37 Å². The Morgan fingerprint density at radius 1 is 1.38 bits per heavy atom. The fourth-order valence-corrected chi connectivity index (χ4v) is 1.80. The lowest BCUT2D eigenvalue weighted by molar-refractivity contribution is 0.612. The van der Waals surface area contributed by atoms with Crippen molar-refractivity contribution in [3.63, 3.8) is 0 Å². The molecule has 1 aromatic heterocycles. The number of aromatic amines is 1. The molecule has 0 aliphatic heterocycles. The second kappa shape index (κ2) is 4.85. The largest absolute Gasteiger partial charge is 0.345 e. The van der Waals surface area contributed by atoms with Crippen LogP contribution in [0.15, 0.2) is 24.4 Å². The van der Waals surface area contributed by atoms with E-state index in [4.69, 9.17) is 23.2 Å². The standard InChI is InChI=1S/C11H9Cl2FN2/c12-5-7-6-15-11(16-7)4-8-9(13)2-1-3-10(8)14/h1-3,6H,4-5H2,(H,15,16). The third-order valence-corrected chi connectivity index (χ3v) is 2.87. The van der Waals surface area contributed by atoms with Crippen molar-refractivity contribution in [2.45, 2.75) is 12.3 Å². The van der Waals surface area contributed by atoms with Gasteiger partial charge in [-0.1, -0.05) is 17.7 Å². The maximum Gasteiger partial charge on any atom is 0.128 e. The van der Waals surface area contributed by atoms with Crippen LogP contribution in [0, 0.1) is 5.82 Å². The van der Waals surface area contributed by atoms with Crippen molar-refractivity contribution >= 4 is 23.2 Å². The molecule has 2 nitrogen and oxygen atoms in total. The first kappa shape index (κ1) is 11.4. The molecule has 2 rings (SSSR count). The van der Waals surface area contributed by atoms with Crippen LogP contribution in [0.5, 0.6) is 0 Å². The van der Waals surface area contributed by atoms with Crippen molar-refractivity contribution in [3.8, 4) is 0 Å². The summed E-state index contributed by atoms with van der Waals surface area (Å²) in [7, 11) is 0. The van der Waals surface area contributed by atoms with E-state index in [-0.39, 0.29) is 5.82 Å². The lowest BCUT2D eigenvalue weighted by Gasteiger charge is -2.03. The lowest BCUT2D eigenvalue weighted by Crippen LogP contribution is -1.96. The van der Waals surface area contributed by atoms with Gasteiger partial charge >= 0.3 is 0 Å². The maximum absolute atomic E-state index is 13.5. The van der Waals surface area contributed by atoms with E-state index in [0.29, 0.717) is 28.7 Å². The van der Waals surface area contributed by atoms with Gasteiger partial charge in [0.25, 0.3) is 0 Å². The number of H-pyrrole nitrogens is 1. The zero-order valence-corrected chi connectivity index (χ0v) is 9.82. The fraction of sp³-hybridized carbons (Fsp3) is 0.182. The number of aromatic nitrogens is 2. The summed E-state index contributed by atoms with van der Waals surface area (Å²) < 4.78 is 13.5. The van der Waals surface area contributed by atoms with Crippen molar-refractivity contribution in [1.82, 2.24) is 9.97 Å². The van der Waals surface area contributed by atoms with Crippen LogP contribution in [0.1, 0.15) is 17.1 Å². The van der Waals surface area contributed by atoms with Gasteiger partial charge in [-0.05, 0) is 12.1 Å². The minimum Gasteiger partial charge on any atom is -0.345 e. The van der Waals surface area contributed by atoms with Gasteiger partial charge in [0.1, 0.15) is 11.6 Å². The van der Waals surface area contributed by atoms with E-state index in [1.165, 1.54) is 6.07 Å². The average molecular weight is 259 g/mol. The van der Waals surface area contributed by atoms with E-state index >= 15 is 0 Å². The fourth-order valence-electron chi connectivity index (χ4n) is 1.43. The van der Waals surface area contributed by atoms with Gasteiger partial charge in [0.15, 0.2) is 0 Å². The van der Waals surface area contributed by atoms with Gasteiger partial charge in [0.2, 0.25) is 0 Å². The minimum absolute atomic E-state index is 0.323. The monoisotopic (exact) mass is 258 g/mol. The highest BCUT2D eigenvalue weighted by molar-refractivity contribution is 6.31. The molecule has 0 aliphatic rings. The smallest absolute Gasteiger partial charge is 0.128 e. The zero-order chi connectivity index (χ0) is 11.5. The van der Waals surface area contributed by atoms with Crippen LogP contribution in [0.2, 0.25) is 5.02 Å². The number of alkyl halides is 1. The van der Waals surface area contributed by atoms with Crippen LogP contribution in [0.4, 0.5) is 4.39 Å². The van der Waals surface area contributed by atoms with Crippen LogP contribution < -0.4 is 0 Å². The summed E-state index contributed by atoms with van der Waals surface area (Å²) in [4.78, 5) is 7.10. The first-order chi connectivity index (χ1) is 7.70. The molecule has 1 aromatic carbocycles. The molecule has 5 heteroatoms. The van der Waals surface area contributed by atoms with E-state index in [0.717, 1.165) is 5.69 Å². The van der Waals surface area contributed by atoms with E-state index in [1.807, 2.05) is 0 Å². The van der Waals surface area contributed by atoms with Crippen LogP contribution in [-0.2, 0) is 12.3 Å². The summed E-state index contributed by atoms with van der Waals surface area (Å²) in [6, 6.07) is 4.62. The molecule has 0 radical (unpaired) electrons. The third kappa shape index (κ3) is 2.36. The summed E-state index contributed by atoms with van der Waals surface area (Å²) in [5.74, 6) is 0.692. The Bertz CT molecular complexity index is 476. The van der Waals surface area contributed by atoms with Gasteiger partial charge in [-0.15, -0.1) is 11.6 Å². The highest BCUT2D eigenvalue weighted by atomic mass is 35.5. The molecule has 1 heterocycles. The molecule has 1 N–H and O–H groups in total. The second-order valence-electron chi connectivity index (χ2n) is 3.37. The molecule has 2 aromatic rings. The first-order valence-electron chi connectivity index (χ1n) is 4.72. The van der Waals surface area contributed by atoms with Crippen molar-refractivity contribution in [1.29, 1.82) is 0 Å². The number of hydrogen-bond acceptors (Lipinski definition) is 1. The number of imidazole rings is 1. The molecule has 0 atom stereocenters. The third-order valence-electron chi connectivity index (χ3n) is 2.23. The summed E-state index contributed by atoms with van der Waals surface area (Å²) in [5.41, 5.74) is 1.25. The maximum atomic E-state index is 13.5. The van der Waals surface area contributed by atoms with E-state index in [2.05, 4.69) is 9.97 Å². The zero-order valence-electron chi connectivity index (χ0n) is 8.30. The van der Waals surface area contributed by atoms with Crippen LogP contribution in [0.25, 0.3) is 0 Å². The lowest BCUT2D eigenvalue weighted by atomic mass is 10.1. The second-order valence-corrected chi connectivity index (χ2v) is 4.04. The molecule has 0 bridgehead atoms. The molecule has 0 spiro atoms. The van der Waals surface area contributed by atoms with Gasteiger partial charge in [-0.2, -0.15) is 0 Å². The Hall–Kier alpha value is -1.06. The highest BCUT2D eigenvalue weighted by Gasteiger charge is 2.09. The highest BCUT2D eigenvalue weighted by Crippen LogP contribution is 2.21. The molecule has 0 amide bonds. The van der Waals surface area contributed by atoms with Crippen LogP contribution in [0.3, 0.4) is 0 Å². The summed E-state index contributed by atoms with van der Waals surface area (Å²) in [6.07, 6.45) is 1.97. The van der Waals surface area contributed by atoms with Crippen molar-refractivity contribution in [3.05, 3.63) is 52.3 Å². The van der Waals surface area contributed by atoms with Gasteiger partial charge in [0.05, 0.1) is 5.88 Å². The van der Waals surface area contributed by atoms with Gasteiger partial charge < -0.3 is 4.98 Å². The number of nitrogens with zero attached hydrogens (tertiary/aromatic N) is 1. The van der Waals surface area contributed by atoms with Crippen molar-refractivity contribution < 1.29 is 4.39 Å². The molecule has 0 aliphatic carbocycles. The van der Waals surface area contributed by atoms with Crippen molar-refractivity contribution in [2.75, 3.05) is 0 Å². The van der Waals surface area contributed by atoms with Crippen molar-refractivity contribution in [2.24, 2.45) is 0 Å². The van der Waals surface area contributed by atoms with E-state index < -0.39 is 0 Å². The molecule has 0 saturated heterocycles. The quantitative estimate of drug-likeness (QED) is 0.839. The summed E-state index contributed by atoms with van der Waals surface area (Å²) in [5, 5.41) is 0.406. The normalized spacial score (nSPS) is 10.7. The predicted molar refractivity (Wildman–Crippen MR) is 62.4 cm³/mol. The van der Waals surface area contributed by atoms with Crippen LogP contribution in [-0.4, -0.2) is 9.97 Å². The molecule has 0 fully saturated rings. The molecule has 84 valence electrons. The predicted octanol–water partition coefficient (Wildman–Crippen LogP) is 3.53. The number of rotatable bonds is 3. The molecular weight excluding hydrogens is 250 g/mol. The molecule has 0 unspecified atom stereocenters. The van der Waals surface area contributed by atoms with Gasteiger partial charge in [0, 0.05) is 28.9 Å².